The van der Waals surface area contributed by atoms with E-state index < -0.39 is 0 Å². The van der Waals surface area contributed by atoms with Crippen LogP contribution in [0.2, 0.25) is 0 Å². The Hall–Kier alpha value is -2.20. The van der Waals surface area contributed by atoms with E-state index in [9.17, 15) is 0 Å². The third-order valence-electron chi connectivity index (χ3n) is 4.62. The Labute approximate surface area is 130 Å². The first-order valence-corrected chi connectivity index (χ1v) is 7.93. The predicted molar refractivity (Wildman–Crippen MR) is 87.4 cm³/mol. The second kappa shape index (κ2) is 5.89. The van der Waals surface area contributed by atoms with E-state index in [1.807, 2.05) is 11.0 Å². The molecule has 1 aliphatic heterocycles. The molecule has 1 atom stereocenters. The van der Waals surface area contributed by atoms with Crippen molar-refractivity contribution in [2.75, 3.05) is 6.54 Å². The minimum atomic E-state index is 0.556. The van der Waals surface area contributed by atoms with Crippen molar-refractivity contribution in [2.45, 2.75) is 32.0 Å². The first-order chi connectivity index (χ1) is 10.9. The Kier molecular flexibility index (Phi) is 3.60. The maximum Gasteiger partial charge on any atom is 0.137 e. The number of likely N-dealkylation sites (tertiary alicyclic amines) is 1. The van der Waals surface area contributed by atoms with Crippen LogP contribution in [0, 0.1) is 0 Å². The standard InChI is InChI=1S/C18H20N4/c1-2-9-18-15(5-1)6-3-7-16(18)11-21-10-4-8-17(21)12-22-14-19-13-20-22/h1-3,5-7,9,13-14,17H,4,8,10-12H2/t17-/m0/s1. The number of hydrogen-bond donors (Lipinski definition) is 0. The Morgan fingerprint density at radius 3 is 2.91 bits per heavy atom. The van der Waals surface area contributed by atoms with Crippen molar-refractivity contribution in [1.29, 1.82) is 0 Å². The van der Waals surface area contributed by atoms with E-state index in [-0.39, 0.29) is 0 Å². The number of nitrogens with zero attached hydrogens (tertiary/aromatic N) is 4. The molecule has 0 radical (unpaired) electrons. The van der Waals surface area contributed by atoms with Crippen LogP contribution in [-0.2, 0) is 13.1 Å². The lowest BCUT2D eigenvalue weighted by atomic mass is 10.0. The maximum atomic E-state index is 4.25. The Balaban J connectivity index is 1.56. The first kappa shape index (κ1) is 13.5. The topological polar surface area (TPSA) is 34.0 Å². The van der Waals surface area contributed by atoms with Gasteiger partial charge in [-0.05, 0) is 35.7 Å². The molecule has 0 amide bonds. The lowest BCUT2D eigenvalue weighted by molar-refractivity contribution is 0.220. The van der Waals surface area contributed by atoms with Gasteiger partial charge >= 0.3 is 0 Å². The molecule has 2 heterocycles. The zero-order valence-electron chi connectivity index (χ0n) is 12.6. The van der Waals surface area contributed by atoms with Gasteiger partial charge in [-0.2, -0.15) is 5.10 Å². The third kappa shape index (κ3) is 2.62. The normalized spacial score (nSPS) is 19.0. The quantitative estimate of drug-likeness (QED) is 0.741. The van der Waals surface area contributed by atoms with Crippen LogP contribution >= 0.6 is 0 Å². The van der Waals surface area contributed by atoms with E-state index in [1.54, 1.807) is 6.33 Å². The molecule has 1 saturated heterocycles. The van der Waals surface area contributed by atoms with Crippen molar-refractivity contribution in [2.24, 2.45) is 0 Å². The molecule has 2 aromatic carbocycles. The summed E-state index contributed by atoms with van der Waals surface area (Å²) in [6.45, 7) is 3.12. The van der Waals surface area contributed by atoms with Gasteiger partial charge in [0.2, 0.25) is 0 Å². The largest absolute Gasteiger partial charge is 0.294 e. The summed E-state index contributed by atoms with van der Waals surface area (Å²) < 4.78 is 1.95. The molecule has 0 saturated carbocycles. The van der Waals surface area contributed by atoms with Crippen LogP contribution in [0.15, 0.2) is 55.1 Å². The summed E-state index contributed by atoms with van der Waals surface area (Å²) in [7, 11) is 0. The Bertz CT molecular complexity index is 745. The van der Waals surface area contributed by atoms with Gasteiger partial charge in [0.05, 0.1) is 6.54 Å². The summed E-state index contributed by atoms with van der Waals surface area (Å²) in [6, 6.07) is 15.8. The first-order valence-electron chi connectivity index (χ1n) is 7.93. The molecule has 112 valence electrons. The fraction of sp³-hybridized carbons (Fsp3) is 0.333. The molecule has 1 fully saturated rings. The van der Waals surface area contributed by atoms with E-state index >= 15 is 0 Å². The molecule has 0 spiro atoms. The van der Waals surface area contributed by atoms with Crippen LogP contribution in [0.1, 0.15) is 18.4 Å². The summed E-state index contributed by atoms with van der Waals surface area (Å²) in [5.74, 6) is 0. The summed E-state index contributed by atoms with van der Waals surface area (Å²) >= 11 is 0. The zero-order chi connectivity index (χ0) is 14.8. The molecular weight excluding hydrogens is 272 g/mol. The molecule has 3 aromatic rings. The number of hydrogen-bond acceptors (Lipinski definition) is 3. The average Bonchev–Trinajstić information content (AvgIpc) is 3.21. The van der Waals surface area contributed by atoms with Crippen LogP contribution < -0.4 is 0 Å². The monoisotopic (exact) mass is 292 g/mol. The summed E-state index contributed by atoms with van der Waals surface area (Å²) in [5.41, 5.74) is 1.42. The highest BCUT2D eigenvalue weighted by atomic mass is 15.3. The minimum Gasteiger partial charge on any atom is -0.294 e. The number of aromatic nitrogens is 3. The highest BCUT2D eigenvalue weighted by Gasteiger charge is 2.25. The third-order valence-corrected chi connectivity index (χ3v) is 4.62. The molecule has 4 nitrogen and oxygen atoms in total. The second-order valence-electron chi connectivity index (χ2n) is 6.02. The second-order valence-corrected chi connectivity index (χ2v) is 6.02. The molecule has 22 heavy (non-hydrogen) atoms. The fourth-order valence-electron chi connectivity index (χ4n) is 3.50. The number of rotatable bonds is 4. The fourth-order valence-corrected chi connectivity index (χ4v) is 3.50. The molecule has 0 aliphatic carbocycles. The van der Waals surface area contributed by atoms with Crippen molar-refractivity contribution < 1.29 is 0 Å². The summed E-state index contributed by atoms with van der Waals surface area (Å²) in [6.07, 6.45) is 5.94. The van der Waals surface area contributed by atoms with Gasteiger partial charge in [0.1, 0.15) is 12.7 Å². The van der Waals surface area contributed by atoms with E-state index in [1.165, 1.54) is 35.7 Å². The predicted octanol–water partition coefficient (Wildman–Crippen LogP) is 3.10. The highest BCUT2D eigenvalue weighted by molar-refractivity contribution is 5.85. The smallest absolute Gasteiger partial charge is 0.137 e. The van der Waals surface area contributed by atoms with Crippen molar-refractivity contribution in [3.8, 4) is 0 Å². The van der Waals surface area contributed by atoms with Crippen molar-refractivity contribution >= 4 is 10.8 Å². The zero-order valence-corrected chi connectivity index (χ0v) is 12.6. The Morgan fingerprint density at radius 2 is 2.00 bits per heavy atom. The van der Waals surface area contributed by atoms with Gasteiger partial charge in [0, 0.05) is 12.6 Å². The molecule has 0 unspecified atom stereocenters. The molecule has 0 N–H and O–H groups in total. The minimum absolute atomic E-state index is 0.556. The Morgan fingerprint density at radius 1 is 1.09 bits per heavy atom. The van der Waals surface area contributed by atoms with Crippen LogP contribution in [0.5, 0.6) is 0 Å². The average molecular weight is 292 g/mol. The highest BCUT2D eigenvalue weighted by Crippen LogP contribution is 2.25. The van der Waals surface area contributed by atoms with Crippen LogP contribution in [0.3, 0.4) is 0 Å². The van der Waals surface area contributed by atoms with Crippen LogP contribution in [-0.4, -0.2) is 32.3 Å². The summed E-state index contributed by atoms with van der Waals surface area (Å²) in [5, 5.41) is 6.95. The lowest BCUT2D eigenvalue weighted by Crippen LogP contribution is -2.32. The maximum absolute atomic E-state index is 4.25. The lowest BCUT2D eigenvalue weighted by Gasteiger charge is -2.25. The molecule has 4 rings (SSSR count). The van der Waals surface area contributed by atoms with Gasteiger partial charge in [-0.1, -0.05) is 42.5 Å². The summed E-state index contributed by atoms with van der Waals surface area (Å²) in [4.78, 5) is 6.63. The molecule has 1 aromatic heterocycles. The van der Waals surface area contributed by atoms with Gasteiger partial charge in [0.25, 0.3) is 0 Å². The van der Waals surface area contributed by atoms with Crippen molar-refractivity contribution in [3.05, 3.63) is 60.7 Å². The van der Waals surface area contributed by atoms with Gasteiger partial charge < -0.3 is 0 Å². The van der Waals surface area contributed by atoms with Gasteiger partial charge in [-0.15, -0.1) is 0 Å². The molecular formula is C18H20N4. The number of fused-ring (bicyclic) bond motifs is 1. The molecule has 0 bridgehead atoms. The van der Waals surface area contributed by atoms with Crippen molar-refractivity contribution in [1.82, 2.24) is 19.7 Å². The van der Waals surface area contributed by atoms with Gasteiger partial charge in [0.15, 0.2) is 0 Å². The molecule has 1 aliphatic rings. The van der Waals surface area contributed by atoms with Gasteiger partial charge in [-0.25, -0.2) is 4.98 Å². The van der Waals surface area contributed by atoms with E-state index in [0.717, 1.165) is 13.1 Å². The SMILES string of the molecule is c1ccc2c(CN3CCC[C@H]3Cn3cncn3)cccc2c1. The number of benzene rings is 2. The van der Waals surface area contributed by atoms with E-state index in [2.05, 4.69) is 57.4 Å². The van der Waals surface area contributed by atoms with Crippen LogP contribution in [0.4, 0.5) is 0 Å². The van der Waals surface area contributed by atoms with E-state index in [4.69, 9.17) is 0 Å². The van der Waals surface area contributed by atoms with Gasteiger partial charge in [-0.3, -0.25) is 9.58 Å². The molecule has 4 heteroatoms. The van der Waals surface area contributed by atoms with Crippen molar-refractivity contribution in [3.63, 3.8) is 0 Å². The van der Waals surface area contributed by atoms with Crippen LogP contribution in [0.25, 0.3) is 10.8 Å². The van der Waals surface area contributed by atoms with E-state index in [0.29, 0.717) is 6.04 Å².